The van der Waals surface area contributed by atoms with E-state index >= 15 is 0 Å². The fourth-order valence-electron chi connectivity index (χ4n) is 8.34. The first-order valence-corrected chi connectivity index (χ1v) is 16.0. The lowest BCUT2D eigenvalue weighted by molar-refractivity contribution is 0.658. The zero-order valence-corrected chi connectivity index (χ0v) is 26.7. The summed E-state index contributed by atoms with van der Waals surface area (Å²) >= 11 is 0. The third kappa shape index (κ3) is 3.44. The van der Waals surface area contributed by atoms with Crippen molar-refractivity contribution in [3.8, 4) is 56.3 Å². The maximum absolute atomic E-state index is 5.38. The molecular formula is C42H35N3. The number of benzene rings is 3. The average molecular weight is 582 g/mol. The van der Waals surface area contributed by atoms with Gasteiger partial charge < -0.3 is 0 Å². The highest BCUT2D eigenvalue weighted by Gasteiger charge is 2.39. The third-order valence-electron chi connectivity index (χ3n) is 11.0. The summed E-state index contributed by atoms with van der Waals surface area (Å²) in [6, 6.07) is 35.5. The maximum atomic E-state index is 5.38. The van der Waals surface area contributed by atoms with E-state index in [1.165, 1.54) is 50.1 Å². The Kier molecular flexibility index (Phi) is 5.09. The molecule has 3 aromatic carbocycles. The Balaban J connectivity index is 1.16. The number of hydrogen-bond donors (Lipinski definition) is 0. The molecule has 3 aromatic heterocycles. The molecule has 3 heteroatoms. The van der Waals surface area contributed by atoms with Crippen molar-refractivity contribution in [2.24, 2.45) is 0 Å². The predicted octanol–water partition coefficient (Wildman–Crippen LogP) is 10.1. The lowest BCUT2D eigenvalue weighted by Crippen LogP contribution is -2.15. The lowest BCUT2D eigenvalue weighted by atomic mass is 9.82. The molecule has 0 fully saturated rings. The van der Waals surface area contributed by atoms with E-state index in [2.05, 4.69) is 133 Å². The molecule has 3 nitrogen and oxygen atoms in total. The molecule has 3 aliphatic rings. The molecule has 0 bridgehead atoms. The second-order valence-electron chi connectivity index (χ2n) is 14.5. The van der Waals surface area contributed by atoms with E-state index in [1.807, 2.05) is 12.3 Å². The van der Waals surface area contributed by atoms with Crippen molar-refractivity contribution in [3.63, 3.8) is 0 Å². The van der Waals surface area contributed by atoms with Crippen LogP contribution in [-0.2, 0) is 16.2 Å². The predicted molar refractivity (Wildman–Crippen MR) is 183 cm³/mol. The lowest BCUT2D eigenvalue weighted by Gasteiger charge is -2.22. The highest BCUT2D eigenvalue weighted by atomic mass is 14.8. The smallest absolute Gasteiger partial charge is 0.0753 e. The fraction of sp³-hybridized carbons (Fsp3) is 0.214. The number of aromatic nitrogens is 3. The van der Waals surface area contributed by atoms with Gasteiger partial charge in [0.1, 0.15) is 0 Å². The summed E-state index contributed by atoms with van der Waals surface area (Å²) in [7, 11) is 0. The van der Waals surface area contributed by atoms with Crippen molar-refractivity contribution in [1.82, 2.24) is 15.0 Å². The number of pyridine rings is 3. The summed E-state index contributed by atoms with van der Waals surface area (Å²) in [6.07, 6.45) is 1.90. The highest BCUT2D eigenvalue weighted by Crippen LogP contribution is 2.52. The van der Waals surface area contributed by atoms with Crippen molar-refractivity contribution in [2.45, 2.75) is 57.8 Å². The quantitative estimate of drug-likeness (QED) is 0.204. The van der Waals surface area contributed by atoms with Crippen molar-refractivity contribution < 1.29 is 0 Å². The van der Waals surface area contributed by atoms with Crippen molar-refractivity contribution >= 4 is 0 Å². The van der Waals surface area contributed by atoms with Crippen LogP contribution < -0.4 is 0 Å². The van der Waals surface area contributed by atoms with E-state index in [4.69, 9.17) is 15.0 Å². The topological polar surface area (TPSA) is 38.7 Å². The Bertz CT molecular complexity index is 2090. The van der Waals surface area contributed by atoms with Crippen LogP contribution in [0.5, 0.6) is 0 Å². The number of nitrogens with zero attached hydrogens (tertiary/aromatic N) is 3. The summed E-state index contributed by atoms with van der Waals surface area (Å²) in [4.78, 5) is 15.5. The normalized spacial score (nSPS) is 16.8. The van der Waals surface area contributed by atoms with Crippen molar-refractivity contribution in [3.05, 3.63) is 137 Å². The molecule has 45 heavy (non-hydrogen) atoms. The van der Waals surface area contributed by atoms with Crippen LogP contribution in [0.25, 0.3) is 56.3 Å². The van der Waals surface area contributed by atoms with Crippen LogP contribution in [0.4, 0.5) is 0 Å². The maximum Gasteiger partial charge on any atom is 0.0753 e. The van der Waals surface area contributed by atoms with Crippen LogP contribution in [0, 0.1) is 0 Å². The van der Waals surface area contributed by atoms with E-state index in [0.29, 0.717) is 0 Å². The van der Waals surface area contributed by atoms with Crippen LogP contribution >= 0.6 is 0 Å². The molecule has 0 saturated heterocycles. The van der Waals surface area contributed by atoms with Gasteiger partial charge in [0.15, 0.2) is 0 Å². The Morgan fingerprint density at radius 2 is 0.844 bits per heavy atom. The first-order chi connectivity index (χ1) is 21.6. The molecule has 0 unspecified atom stereocenters. The molecule has 0 aliphatic heterocycles. The average Bonchev–Trinajstić information content (AvgIpc) is 3.53. The number of rotatable bonds is 2. The summed E-state index contributed by atoms with van der Waals surface area (Å²) in [5, 5.41) is 0. The van der Waals surface area contributed by atoms with Gasteiger partial charge in [0.05, 0.1) is 28.5 Å². The van der Waals surface area contributed by atoms with Crippen molar-refractivity contribution in [1.29, 1.82) is 0 Å². The van der Waals surface area contributed by atoms with Crippen LogP contribution in [0.1, 0.15) is 74.9 Å². The first-order valence-electron chi connectivity index (χ1n) is 16.0. The summed E-state index contributed by atoms with van der Waals surface area (Å²) < 4.78 is 0. The SMILES string of the molecule is CC1(C)c2ccc(-c3ccc4c(n3)-c3cc(-c5ccc6c(n5)-c5ccccc5C6(C)C)ccc3C4(C)C)cc2-c2ncccc21. The fourth-order valence-corrected chi connectivity index (χ4v) is 8.34. The molecule has 0 saturated carbocycles. The second-order valence-corrected chi connectivity index (χ2v) is 14.5. The Labute approximate surface area is 265 Å². The van der Waals surface area contributed by atoms with Gasteiger partial charge >= 0.3 is 0 Å². The van der Waals surface area contributed by atoms with E-state index in [1.54, 1.807) is 0 Å². The highest BCUT2D eigenvalue weighted by molar-refractivity contribution is 5.86. The van der Waals surface area contributed by atoms with Crippen LogP contribution in [-0.4, -0.2) is 15.0 Å². The van der Waals surface area contributed by atoms with Gasteiger partial charge in [0.25, 0.3) is 0 Å². The monoisotopic (exact) mass is 581 g/mol. The van der Waals surface area contributed by atoms with Gasteiger partial charge in [-0.3, -0.25) is 4.98 Å². The largest absolute Gasteiger partial charge is 0.256 e. The Morgan fingerprint density at radius 3 is 1.44 bits per heavy atom. The molecule has 3 heterocycles. The number of hydrogen-bond acceptors (Lipinski definition) is 3. The molecule has 0 amide bonds. The molecule has 3 aliphatic carbocycles. The minimum Gasteiger partial charge on any atom is -0.256 e. The first kappa shape index (κ1) is 26.5. The molecule has 0 N–H and O–H groups in total. The minimum absolute atomic E-state index is 0.0515. The minimum atomic E-state index is -0.131. The van der Waals surface area contributed by atoms with Gasteiger partial charge in [0.2, 0.25) is 0 Å². The molecule has 6 aromatic rings. The molecule has 0 spiro atoms. The number of fused-ring (bicyclic) bond motifs is 9. The molecule has 218 valence electrons. The van der Waals surface area contributed by atoms with Gasteiger partial charge in [-0.2, -0.15) is 0 Å². The summed E-state index contributed by atoms with van der Waals surface area (Å²) in [5.41, 5.74) is 18.7. The van der Waals surface area contributed by atoms with E-state index in [9.17, 15) is 0 Å². The Morgan fingerprint density at radius 1 is 0.400 bits per heavy atom. The molecule has 9 rings (SSSR count). The van der Waals surface area contributed by atoms with Crippen LogP contribution in [0.3, 0.4) is 0 Å². The second kappa shape index (κ2) is 8.63. The van der Waals surface area contributed by atoms with Gasteiger partial charge in [0, 0.05) is 50.3 Å². The zero-order chi connectivity index (χ0) is 30.9. The molecule has 0 radical (unpaired) electrons. The summed E-state index contributed by atoms with van der Waals surface area (Å²) in [5.74, 6) is 0. The molecule has 0 atom stereocenters. The van der Waals surface area contributed by atoms with E-state index < -0.39 is 0 Å². The van der Waals surface area contributed by atoms with Crippen LogP contribution in [0.15, 0.2) is 103 Å². The van der Waals surface area contributed by atoms with E-state index in [0.717, 1.165) is 39.6 Å². The van der Waals surface area contributed by atoms with E-state index in [-0.39, 0.29) is 16.2 Å². The summed E-state index contributed by atoms with van der Waals surface area (Å²) in [6.45, 7) is 13.8. The Hall–Kier alpha value is -4.89. The zero-order valence-electron chi connectivity index (χ0n) is 26.7. The van der Waals surface area contributed by atoms with Gasteiger partial charge in [-0.1, -0.05) is 108 Å². The van der Waals surface area contributed by atoms with Gasteiger partial charge in [-0.25, -0.2) is 9.97 Å². The standard InChI is InChI=1S/C42H35N3/c1-40(2)29-11-8-7-10-26(29)38-33(40)17-19-35(44-38)25-14-16-31-28(23-25)39-34(42(31,5)6)18-20-36(45-39)24-13-15-30-27(22-24)37-32(41(30,3)4)12-9-21-43-37/h7-23H,1-6H3. The van der Waals surface area contributed by atoms with Crippen LogP contribution in [0.2, 0.25) is 0 Å². The van der Waals surface area contributed by atoms with Gasteiger partial charge in [-0.05, 0) is 63.7 Å². The molecular weight excluding hydrogens is 546 g/mol. The van der Waals surface area contributed by atoms with Gasteiger partial charge in [-0.15, -0.1) is 0 Å². The third-order valence-corrected chi connectivity index (χ3v) is 11.0. The van der Waals surface area contributed by atoms with Crippen molar-refractivity contribution in [2.75, 3.05) is 0 Å².